The summed E-state index contributed by atoms with van der Waals surface area (Å²) in [6.07, 6.45) is 2.53. The first-order valence-corrected chi connectivity index (χ1v) is 5.80. The standard InChI is InChI=1S/C12H10N2S/c13-12-14-10-6-5-9(7-11(10)15-12)4-3-8-1-2-8/h5-8H,1-2H2,(H2,13,14). The van der Waals surface area contributed by atoms with Gasteiger partial charge in [-0.05, 0) is 31.0 Å². The van der Waals surface area contributed by atoms with E-state index in [1.165, 1.54) is 24.2 Å². The molecule has 0 bridgehead atoms. The Morgan fingerprint density at radius 1 is 1.40 bits per heavy atom. The van der Waals surface area contributed by atoms with Gasteiger partial charge in [0.25, 0.3) is 0 Å². The fraction of sp³-hybridized carbons (Fsp3) is 0.250. The number of anilines is 1. The van der Waals surface area contributed by atoms with Crippen molar-refractivity contribution < 1.29 is 0 Å². The third-order valence-electron chi connectivity index (χ3n) is 2.40. The van der Waals surface area contributed by atoms with Crippen LogP contribution in [0.3, 0.4) is 0 Å². The van der Waals surface area contributed by atoms with E-state index in [2.05, 4.69) is 22.9 Å². The minimum absolute atomic E-state index is 0.623. The van der Waals surface area contributed by atoms with Gasteiger partial charge in [0, 0.05) is 11.5 Å². The fourth-order valence-electron chi connectivity index (χ4n) is 1.43. The van der Waals surface area contributed by atoms with Gasteiger partial charge in [-0.25, -0.2) is 4.98 Å². The molecule has 1 aliphatic carbocycles. The fourth-order valence-corrected chi connectivity index (χ4v) is 2.21. The molecule has 0 atom stereocenters. The number of nitrogens with two attached hydrogens (primary N) is 1. The number of thiazole rings is 1. The molecule has 2 N–H and O–H groups in total. The van der Waals surface area contributed by atoms with Crippen molar-refractivity contribution in [3.8, 4) is 11.8 Å². The Hall–Kier alpha value is -1.53. The number of rotatable bonds is 0. The lowest BCUT2D eigenvalue weighted by atomic mass is 10.2. The molecule has 0 radical (unpaired) electrons. The first-order valence-electron chi connectivity index (χ1n) is 4.99. The van der Waals surface area contributed by atoms with Gasteiger partial charge < -0.3 is 5.73 Å². The molecule has 1 saturated carbocycles. The first kappa shape index (κ1) is 8.75. The second kappa shape index (κ2) is 3.25. The summed E-state index contributed by atoms with van der Waals surface area (Å²) in [7, 11) is 0. The van der Waals surface area contributed by atoms with Gasteiger partial charge in [-0.2, -0.15) is 0 Å². The SMILES string of the molecule is Nc1nc2ccc(C#CC3CC3)cc2s1. The number of aromatic nitrogens is 1. The van der Waals surface area contributed by atoms with Crippen molar-refractivity contribution in [1.29, 1.82) is 0 Å². The van der Waals surface area contributed by atoms with Crippen molar-refractivity contribution in [2.75, 3.05) is 5.73 Å². The van der Waals surface area contributed by atoms with E-state index in [1.807, 2.05) is 12.1 Å². The second-order valence-electron chi connectivity index (χ2n) is 3.78. The first-order chi connectivity index (χ1) is 7.31. The molecule has 2 nitrogen and oxygen atoms in total. The summed E-state index contributed by atoms with van der Waals surface area (Å²) in [5, 5.41) is 0.623. The van der Waals surface area contributed by atoms with Gasteiger partial charge >= 0.3 is 0 Å². The van der Waals surface area contributed by atoms with E-state index in [0.29, 0.717) is 11.0 Å². The maximum atomic E-state index is 5.64. The highest BCUT2D eigenvalue weighted by atomic mass is 32.1. The zero-order chi connectivity index (χ0) is 10.3. The van der Waals surface area contributed by atoms with Gasteiger partial charge in [-0.3, -0.25) is 0 Å². The van der Waals surface area contributed by atoms with Crippen LogP contribution >= 0.6 is 11.3 Å². The average molecular weight is 214 g/mol. The summed E-state index contributed by atoms with van der Waals surface area (Å²) in [5.74, 6) is 7.09. The number of nitrogen functional groups attached to an aromatic ring is 1. The molecule has 74 valence electrons. The summed E-state index contributed by atoms with van der Waals surface area (Å²) in [4.78, 5) is 4.21. The van der Waals surface area contributed by atoms with E-state index in [9.17, 15) is 0 Å². The van der Waals surface area contributed by atoms with Crippen molar-refractivity contribution in [2.45, 2.75) is 12.8 Å². The molecule has 1 aliphatic rings. The van der Waals surface area contributed by atoms with Crippen molar-refractivity contribution in [3.05, 3.63) is 23.8 Å². The lowest BCUT2D eigenvalue weighted by Crippen LogP contribution is -1.79. The normalized spacial score (nSPS) is 14.9. The Kier molecular flexibility index (Phi) is 1.90. The van der Waals surface area contributed by atoms with E-state index in [-0.39, 0.29) is 0 Å². The molecule has 15 heavy (non-hydrogen) atoms. The number of hydrogen-bond donors (Lipinski definition) is 1. The van der Waals surface area contributed by atoms with Crippen LogP contribution in [0.2, 0.25) is 0 Å². The maximum Gasteiger partial charge on any atom is 0.181 e. The topological polar surface area (TPSA) is 38.9 Å². The van der Waals surface area contributed by atoms with Crippen molar-refractivity contribution in [3.63, 3.8) is 0 Å². The number of benzene rings is 1. The predicted octanol–water partition coefficient (Wildman–Crippen LogP) is 2.64. The van der Waals surface area contributed by atoms with E-state index in [0.717, 1.165) is 15.8 Å². The Labute approximate surface area is 92.1 Å². The van der Waals surface area contributed by atoms with Gasteiger partial charge in [-0.15, -0.1) is 0 Å². The molecule has 3 heteroatoms. The van der Waals surface area contributed by atoms with Crippen LogP contribution in [0.25, 0.3) is 10.2 Å². The molecule has 1 heterocycles. The maximum absolute atomic E-state index is 5.64. The molecule has 0 amide bonds. The van der Waals surface area contributed by atoms with Crippen LogP contribution < -0.4 is 5.73 Å². The van der Waals surface area contributed by atoms with E-state index in [1.54, 1.807) is 0 Å². The van der Waals surface area contributed by atoms with Gasteiger partial charge in [0.15, 0.2) is 5.13 Å². The molecule has 1 aromatic carbocycles. The van der Waals surface area contributed by atoms with E-state index < -0.39 is 0 Å². The summed E-state index contributed by atoms with van der Waals surface area (Å²) >= 11 is 1.52. The molecule has 3 rings (SSSR count). The quantitative estimate of drug-likeness (QED) is 0.685. The van der Waals surface area contributed by atoms with Gasteiger partial charge in [0.1, 0.15) is 0 Å². The summed E-state index contributed by atoms with van der Waals surface area (Å²) in [5.41, 5.74) is 7.68. The van der Waals surface area contributed by atoms with Crippen molar-refractivity contribution in [1.82, 2.24) is 4.98 Å². The minimum Gasteiger partial charge on any atom is -0.375 e. The van der Waals surface area contributed by atoms with Crippen LogP contribution in [0.5, 0.6) is 0 Å². The Bertz CT molecular complexity index is 570. The summed E-state index contributed by atoms with van der Waals surface area (Å²) in [6.45, 7) is 0. The second-order valence-corrected chi connectivity index (χ2v) is 4.84. The van der Waals surface area contributed by atoms with Crippen LogP contribution in [0, 0.1) is 17.8 Å². The zero-order valence-corrected chi connectivity index (χ0v) is 8.97. The molecule has 2 aromatic rings. The third kappa shape index (κ3) is 1.81. The monoisotopic (exact) mass is 214 g/mol. The highest BCUT2D eigenvalue weighted by Gasteiger charge is 2.17. The predicted molar refractivity (Wildman–Crippen MR) is 63.6 cm³/mol. The van der Waals surface area contributed by atoms with E-state index in [4.69, 9.17) is 5.73 Å². The Morgan fingerprint density at radius 2 is 2.27 bits per heavy atom. The molecule has 0 unspecified atom stereocenters. The lowest BCUT2D eigenvalue weighted by Gasteiger charge is -1.89. The highest BCUT2D eigenvalue weighted by Crippen LogP contribution is 2.28. The van der Waals surface area contributed by atoms with Crippen LogP contribution in [0.4, 0.5) is 5.13 Å². The third-order valence-corrected chi connectivity index (χ3v) is 3.25. The van der Waals surface area contributed by atoms with Crippen LogP contribution in [-0.4, -0.2) is 4.98 Å². The van der Waals surface area contributed by atoms with Gasteiger partial charge in [0.2, 0.25) is 0 Å². The van der Waals surface area contributed by atoms with Crippen molar-refractivity contribution in [2.24, 2.45) is 5.92 Å². The smallest absolute Gasteiger partial charge is 0.181 e. The zero-order valence-electron chi connectivity index (χ0n) is 8.16. The van der Waals surface area contributed by atoms with Gasteiger partial charge in [-0.1, -0.05) is 23.2 Å². The molecule has 1 aromatic heterocycles. The summed E-state index contributed by atoms with van der Waals surface area (Å²) < 4.78 is 1.12. The highest BCUT2D eigenvalue weighted by molar-refractivity contribution is 7.22. The molecular formula is C12H10N2S. The average Bonchev–Trinajstić information content (AvgIpc) is 2.96. The van der Waals surface area contributed by atoms with Crippen molar-refractivity contribution >= 4 is 26.7 Å². The number of fused-ring (bicyclic) bond motifs is 1. The molecule has 0 saturated heterocycles. The molecular weight excluding hydrogens is 204 g/mol. The minimum atomic E-state index is 0.623. The Morgan fingerprint density at radius 3 is 3.07 bits per heavy atom. The lowest BCUT2D eigenvalue weighted by molar-refractivity contribution is 1.18. The molecule has 1 fully saturated rings. The van der Waals surface area contributed by atoms with Crippen LogP contribution in [0.1, 0.15) is 18.4 Å². The van der Waals surface area contributed by atoms with Gasteiger partial charge in [0.05, 0.1) is 10.2 Å². The number of hydrogen-bond acceptors (Lipinski definition) is 3. The molecule has 0 spiro atoms. The summed E-state index contributed by atoms with van der Waals surface area (Å²) in [6, 6.07) is 6.06. The Balaban J connectivity index is 2.02. The largest absolute Gasteiger partial charge is 0.375 e. The van der Waals surface area contributed by atoms with Crippen LogP contribution in [0.15, 0.2) is 18.2 Å². The van der Waals surface area contributed by atoms with E-state index >= 15 is 0 Å². The van der Waals surface area contributed by atoms with Crippen LogP contribution in [-0.2, 0) is 0 Å². The number of nitrogens with zero attached hydrogens (tertiary/aromatic N) is 1. The molecule has 0 aliphatic heterocycles.